The number of fused-ring (bicyclic) bond motifs is 1. The van der Waals surface area contributed by atoms with E-state index in [4.69, 9.17) is 4.74 Å². The van der Waals surface area contributed by atoms with Gasteiger partial charge in [0.05, 0.1) is 18.6 Å². The molecule has 0 amide bonds. The number of hydrogen-bond acceptors (Lipinski definition) is 5. The molecule has 0 saturated carbocycles. The first-order chi connectivity index (χ1) is 14.4. The summed E-state index contributed by atoms with van der Waals surface area (Å²) < 4.78 is 35.1. The Morgan fingerprint density at radius 1 is 1.00 bits per heavy atom. The molecule has 0 aliphatic heterocycles. The van der Waals surface area contributed by atoms with Gasteiger partial charge in [-0.1, -0.05) is 30.3 Å². The van der Waals surface area contributed by atoms with Gasteiger partial charge < -0.3 is 14.6 Å². The second-order valence-corrected chi connectivity index (χ2v) is 6.38. The number of carboxylic acids is 1. The minimum Gasteiger partial charge on any atom is -0.545 e. The minimum absolute atomic E-state index is 0. The van der Waals surface area contributed by atoms with E-state index in [1.807, 2.05) is 0 Å². The van der Waals surface area contributed by atoms with Crippen molar-refractivity contribution in [1.29, 1.82) is 0 Å². The summed E-state index contributed by atoms with van der Waals surface area (Å²) in [6.45, 7) is 0. The van der Waals surface area contributed by atoms with Crippen LogP contribution in [0.3, 0.4) is 0 Å². The van der Waals surface area contributed by atoms with Crippen LogP contribution in [0.4, 0.5) is 8.78 Å². The second kappa shape index (κ2) is 8.97. The van der Waals surface area contributed by atoms with Crippen LogP contribution in [-0.2, 0) is 0 Å². The van der Waals surface area contributed by atoms with Crippen LogP contribution >= 0.6 is 0 Å². The molecule has 1 heterocycles. The molecule has 4 rings (SSSR count). The molecule has 150 valence electrons. The first kappa shape index (κ1) is 22.6. The number of methoxy groups -OCH3 is 1. The average Bonchev–Trinajstić information content (AvgIpc) is 3.12. The number of rotatable bonds is 4. The van der Waals surface area contributed by atoms with E-state index in [-0.39, 0.29) is 57.7 Å². The van der Waals surface area contributed by atoms with Crippen molar-refractivity contribution < 1.29 is 57.8 Å². The number of aromatic carboxylic acids is 1. The van der Waals surface area contributed by atoms with Crippen molar-refractivity contribution in [2.75, 3.05) is 7.11 Å². The Labute approximate surface area is 197 Å². The fourth-order valence-corrected chi connectivity index (χ4v) is 3.24. The van der Waals surface area contributed by atoms with Gasteiger partial charge >= 0.3 is 29.6 Å². The number of para-hydroxylation sites is 1. The van der Waals surface area contributed by atoms with Gasteiger partial charge in [-0.25, -0.2) is 8.78 Å². The number of ether oxygens (including phenoxy) is 1. The van der Waals surface area contributed by atoms with Gasteiger partial charge in [0.2, 0.25) is 0 Å². The molecule has 0 aliphatic rings. The molecule has 0 spiro atoms. The van der Waals surface area contributed by atoms with Crippen molar-refractivity contribution in [2.24, 2.45) is 0 Å². The Hall–Kier alpha value is -3.07. The molecule has 0 saturated heterocycles. The van der Waals surface area contributed by atoms with Gasteiger partial charge in [-0.3, -0.25) is 4.79 Å². The van der Waals surface area contributed by atoms with Gasteiger partial charge in [-0.15, -0.1) is 0 Å². The predicted octanol–water partition coefficient (Wildman–Crippen LogP) is 0.0461. The van der Waals surface area contributed by atoms with Crippen molar-refractivity contribution in [2.45, 2.75) is 0 Å². The first-order valence-corrected chi connectivity index (χ1v) is 8.78. The summed E-state index contributed by atoms with van der Waals surface area (Å²) in [5.74, 6) is -3.91. The normalized spacial score (nSPS) is 10.5. The third kappa shape index (κ3) is 3.97. The molecule has 1 aromatic heterocycles. The summed E-state index contributed by atoms with van der Waals surface area (Å²) in [6.07, 6.45) is 0. The summed E-state index contributed by atoms with van der Waals surface area (Å²) in [6, 6.07) is 13.8. The molecule has 31 heavy (non-hydrogen) atoms. The molecule has 4 aromatic rings. The van der Waals surface area contributed by atoms with E-state index in [1.165, 1.54) is 31.4 Å². The zero-order valence-electron chi connectivity index (χ0n) is 16.6. The number of nitrogens with zero attached hydrogens (tertiary/aromatic N) is 2. The molecule has 0 N–H and O–H groups in total. The average molecular weight is 430 g/mol. The van der Waals surface area contributed by atoms with Gasteiger partial charge in [0, 0.05) is 16.5 Å². The van der Waals surface area contributed by atoms with Crippen LogP contribution in [0.2, 0.25) is 0 Å². The smallest absolute Gasteiger partial charge is 0.545 e. The van der Waals surface area contributed by atoms with Crippen LogP contribution in [0.5, 0.6) is 5.75 Å². The molecular weight excluding hydrogens is 417 g/mol. The zero-order chi connectivity index (χ0) is 21.4. The van der Waals surface area contributed by atoms with Crippen molar-refractivity contribution in [1.82, 2.24) is 9.78 Å². The standard InChI is InChI=1S/C22H14F2N2O4.Na/c1-30-18-8-4-6-15(23)19(18)21(27)26-17-7-3-2-5-14(17)20(25-26)13-10-9-12(22(28)29)11-16(13)24;/h2-11H,1H3,(H,28,29);/q;+1/p-1. The molecule has 0 atom stereocenters. The summed E-state index contributed by atoms with van der Waals surface area (Å²) >= 11 is 0. The number of benzene rings is 3. The fraction of sp³-hybridized carbons (Fsp3) is 0.0455. The van der Waals surface area contributed by atoms with E-state index in [1.54, 1.807) is 24.3 Å². The van der Waals surface area contributed by atoms with Crippen molar-refractivity contribution >= 4 is 22.8 Å². The SMILES string of the molecule is COc1cccc(F)c1C(=O)n1nc(-c2ccc(C(=O)[O-])cc2F)c2ccccc21.[Na+]. The van der Waals surface area contributed by atoms with E-state index in [9.17, 15) is 23.5 Å². The maximum Gasteiger partial charge on any atom is 1.00 e. The van der Waals surface area contributed by atoms with Crippen molar-refractivity contribution in [3.05, 3.63) is 83.4 Å². The van der Waals surface area contributed by atoms with E-state index in [2.05, 4.69) is 5.10 Å². The van der Waals surface area contributed by atoms with E-state index in [0.29, 0.717) is 10.9 Å². The molecule has 0 aliphatic carbocycles. The van der Waals surface area contributed by atoms with Crippen molar-refractivity contribution in [3.8, 4) is 17.0 Å². The zero-order valence-corrected chi connectivity index (χ0v) is 18.6. The molecule has 0 radical (unpaired) electrons. The quantitative estimate of drug-likeness (QED) is 0.427. The Morgan fingerprint density at radius 2 is 1.74 bits per heavy atom. The third-order valence-electron chi connectivity index (χ3n) is 4.65. The van der Waals surface area contributed by atoms with Crippen LogP contribution in [0.15, 0.2) is 60.7 Å². The molecule has 0 unspecified atom stereocenters. The second-order valence-electron chi connectivity index (χ2n) is 6.38. The van der Waals surface area contributed by atoms with Crippen molar-refractivity contribution in [3.63, 3.8) is 0 Å². The summed E-state index contributed by atoms with van der Waals surface area (Å²) in [4.78, 5) is 24.1. The number of carbonyl (C=O) groups excluding carboxylic acids is 2. The number of aromatic nitrogens is 2. The van der Waals surface area contributed by atoms with Crippen LogP contribution in [0.25, 0.3) is 22.2 Å². The Bertz CT molecular complexity index is 1320. The van der Waals surface area contributed by atoms with Crippen LogP contribution in [0, 0.1) is 11.6 Å². The molecule has 0 fully saturated rings. The molecule has 0 bridgehead atoms. The summed E-state index contributed by atoms with van der Waals surface area (Å²) in [7, 11) is 1.31. The molecule has 3 aromatic carbocycles. The molecule has 6 nitrogen and oxygen atoms in total. The van der Waals surface area contributed by atoms with Gasteiger partial charge in [-0.2, -0.15) is 9.78 Å². The Kier molecular flexibility index (Phi) is 6.54. The monoisotopic (exact) mass is 430 g/mol. The largest absolute Gasteiger partial charge is 1.00 e. The number of carbonyl (C=O) groups is 2. The number of hydrogen-bond donors (Lipinski definition) is 0. The summed E-state index contributed by atoms with van der Waals surface area (Å²) in [5.41, 5.74) is -0.217. The van der Waals surface area contributed by atoms with Gasteiger partial charge in [0.15, 0.2) is 0 Å². The first-order valence-electron chi connectivity index (χ1n) is 8.78. The van der Waals surface area contributed by atoms with Gasteiger partial charge in [-0.05, 0) is 30.3 Å². The maximum atomic E-state index is 14.6. The summed E-state index contributed by atoms with van der Waals surface area (Å²) in [5, 5.41) is 15.6. The topological polar surface area (TPSA) is 84.2 Å². The Balaban J connectivity index is 0.00000272. The van der Waals surface area contributed by atoms with Gasteiger partial charge in [0.25, 0.3) is 5.91 Å². The van der Waals surface area contributed by atoms with Gasteiger partial charge in [0.1, 0.15) is 28.6 Å². The van der Waals surface area contributed by atoms with Crippen LogP contribution in [0.1, 0.15) is 20.7 Å². The van der Waals surface area contributed by atoms with Crippen LogP contribution < -0.4 is 39.4 Å². The van der Waals surface area contributed by atoms with E-state index in [0.717, 1.165) is 16.8 Å². The Morgan fingerprint density at radius 3 is 2.42 bits per heavy atom. The third-order valence-corrected chi connectivity index (χ3v) is 4.65. The van der Waals surface area contributed by atoms with E-state index < -0.39 is 23.5 Å². The predicted molar refractivity (Wildman–Crippen MR) is 102 cm³/mol. The van der Waals surface area contributed by atoms with Crippen LogP contribution in [-0.4, -0.2) is 28.8 Å². The maximum absolute atomic E-state index is 14.6. The molecular formula is C22H13F2N2NaO4. The fourth-order valence-electron chi connectivity index (χ4n) is 3.24. The minimum atomic E-state index is -1.52. The van der Waals surface area contributed by atoms with E-state index >= 15 is 0 Å². The number of carboxylic acid groups (broad SMARTS) is 1. The molecule has 9 heteroatoms. The number of halogens is 2.